The molecule has 0 bridgehead atoms. The van der Waals surface area contributed by atoms with Crippen LogP contribution in [-0.4, -0.2) is 40.3 Å². The summed E-state index contributed by atoms with van der Waals surface area (Å²) in [5, 5.41) is 0.784. The van der Waals surface area contributed by atoms with E-state index in [2.05, 4.69) is 15.9 Å². The van der Waals surface area contributed by atoms with Crippen LogP contribution in [0.3, 0.4) is 0 Å². The molecule has 5 heteroatoms. The summed E-state index contributed by atoms with van der Waals surface area (Å²) in [5.74, 6) is 0. The Morgan fingerprint density at radius 2 is 2.11 bits per heavy atom. The van der Waals surface area contributed by atoms with Crippen LogP contribution in [0, 0.1) is 0 Å². The van der Waals surface area contributed by atoms with Crippen molar-refractivity contribution < 1.29 is 14.3 Å². The molecule has 0 aromatic carbocycles. The molecule has 0 saturated carbocycles. The summed E-state index contributed by atoms with van der Waals surface area (Å²) < 4.78 is 11.2. The summed E-state index contributed by atoms with van der Waals surface area (Å²) in [5.41, 5.74) is 0.0183. The van der Waals surface area contributed by atoms with Crippen LogP contribution in [0.25, 0.3) is 0 Å². The van der Waals surface area contributed by atoms with Crippen molar-refractivity contribution >= 4 is 22.0 Å². The standard InChI is InChI=1S/C14H24BrNO3/c1-10(8-15)7-11-9-18-14(5,6)16(11)12(17)19-13(2,3)4/h7,11H,8-9H2,1-6H3/t11-/m1/s1. The van der Waals surface area contributed by atoms with Crippen molar-refractivity contribution in [1.29, 1.82) is 0 Å². The summed E-state index contributed by atoms with van der Waals surface area (Å²) >= 11 is 3.41. The van der Waals surface area contributed by atoms with Crippen LogP contribution in [-0.2, 0) is 9.47 Å². The number of carbonyl (C=O) groups excluding carboxylic acids is 1. The zero-order valence-electron chi connectivity index (χ0n) is 12.6. The number of halogens is 1. The molecule has 0 N–H and O–H groups in total. The fourth-order valence-electron chi connectivity index (χ4n) is 1.99. The Balaban J connectivity index is 2.93. The van der Waals surface area contributed by atoms with E-state index in [-0.39, 0.29) is 12.1 Å². The zero-order valence-corrected chi connectivity index (χ0v) is 14.2. The van der Waals surface area contributed by atoms with Crippen molar-refractivity contribution in [3.05, 3.63) is 11.6 Å². The Morgan fingerprint density at radius 3 is 2.58 bits per heavy atom. The SMILES string of the molecule is CC(=C[C@@H]1COC(C)(C)N1C(=O)OC(C)(C)C)CBr. The number of amides is 1. The predicted octanol–water partition coefficient (Wildman–Crippen LogP) is 3.70. The third-order valence-corrected chi connectivity index (χ3v) is 3.68. The maximum Gasteiger partial charge on any atom is 0.413 e. The highest BCUT2D eigenvalue weighted by atomic mass is 79.9. The molecule has 1 saturated heterocycles. The Morgan fingerprint density at radius 1 is 1.53 bits per heavy atom. The van der Waals surface area contributed by atoms with E-state index in [9.17, 15) is 4.79 Å². The zero-order chi connectivity index (χ0) is 14.8. The Kier molecular flexibility index (Phi) is 5.07. The van der Waals surface area contributed by atoms with Gasteiger partial charge in [0.05, 0.1) is 12.6 Å². The van der Waals surface area contributed by atoms with Gasteiger partial charge >= 0.3 is 6.09 Å². The minimum atomic E-state index is -0.643. The first-order valence-corrected chi connectivity index (χ1v) is 7.58. The van der Waals surface area contributed by atoms with E-state index in [4.69, 9.17) is 9.47 Å². The molecule has 1 fully saturated rings. The van der Waals surface area contributed by atoms with Gasteiger partial charge in [-0.25, -0.2) is 4.79 Å². The van der Waals surface area contributed by atoms with Crippen molar-refractivity contribution in [1.82, 2.24) is 4.90 Å². The molecule has 1 heterocycles. The lowest BCUT2D eigenvalue weighted by Crippen LogP contribution is -2.49. The van der Waals surface area contributed by atoms with Crippen LogP contribution in [0.4, 0.5) is 4.79 Å². The number of nitrogens with zero attached hydrogens (tertiary/aromatic N) is 1. The van der Waals surface area contributed by atoms with Crippen molar-refractivity contribution in [2.45, 2.75) is 58.9 Å². The first kappa shape index (κ1) is 16.5. The van der Waals surface area contributed by atoms with E-state index in [0.29, 0.717) is 6.61 Å². The fourth-order valence-corrected chi connectivity index (χ4v) is 2.18. The van der Waals surface area contributed by atoms with Gasteiger partial charge in [-0.3, -0.25) is 4.90 Å². The van der Waals surface area contributed by atoms with Crippen LogP contribution in [0.1, 0.15) is 41.5 Å². The third-order valence-electron chi connectivity index (χ3n) is 2.80. The normalized spacial score (nSPS) is 23.6. The molecular weight excluding hydrogens is 310 g/mol. The topological polar surface area (TPSA) is 38.8 Å². The van der Waals surface area contributed by atoms with Gasteiger partial charge in [0, 0.05) is 5.33 Å². The molecule has 110 valence electrons. The lowest BCUT2D eigenvalue weighted by Gasteiger charge is -2.34. The van der Waals surface area contributed by atoms with E-state index in [0.717, 1.165) is 5.33 Å². The predicted molar refractivity (Wildman–Crippen MR) is 79.4 cm³/mol. The molecule has 1 aliphatic heterocycles. The molecule has 0 aromatic heterocycles. The van der Waals surface area contributed by atoms with Gasteiger partial charge in [-0.1, -0.05) is 27.6 Å². The van der Waals surface area contributed by atoms with Crippen LogP contribution < -0.4 is 0 Å². The molecule has 0 aliphatic carbocycles. The van der Waals surface area contributed by atoms with Crippen LogP contribution in [0.2, 0.25) is 0 Å². The smallest absolute Gasteiger partial charge is 0.413 e. The minimum Gasteiger partial charge on any atom is -0.444 e. The highest BCUT2D eigenvalue weighted by molar-refractivity contribution is 9.09. The van der Waals surface area contributed by atoms with Crippen LogP contribution in [0.5, 0.6) is 0 Å². The second-order valence-corrected chi connectivity index (χ2v) is 6.88. The molecule has 1 atom stereocenters. The van der Waals surface area contributed by atoms with Gasteiger partial charge in [-0.2, -0.15) is 0 Å². The van der Waals surface area contributed by atoms with E-state index >= 15 is 0 Å². The second-order valence-electron chi connectivity index (χ2n) is 6.32. The van der Waals surface area contributed by atoms with E-state index in [1.165, 1.54) is 5.57 Å². The van der Waals surface area contributed by atoms with Gasteiger partial charge in [0.2, 0.25) is 0 Å². The average molecular weight is 334 g/mol. The molecule has 4 nitrogen and oxygen atoms in total. The average Bonchev–Trinajstić information content (AvgIpc) is 2.51. The molecular formula is C14H24BrNO3. The van der Waals surface area contributed by atoms with E-state index < -0.39 is 11.3 Å². The van der Waals surface area contributed by atoms with Crippen molar-refractivity contribution in [3.8, 4) is 0 Å². The molecule has 1 aliphatic rings. The van der Waals surface area contributed by atoms with Crippen molar-refractivity contribution in [2.24, 2.45) is 0 Å². The quantitative estimate of drug-likeness (QED) is 0.571. The highest BCUT2D eigenvalue weighted by Gasteiger charge is 2.44. The molecule has 0 aromatic rings. The maximum atomic E-state index is 12.3. The number of hydrogen-bond acceptors (Lipinski definition) is 3. The summed E-state index contributed by atoms with van der Waals surface area (Å²) in [4.78, 5) is 14.0. The van der Waals surface area contributed by atoms with Gasteiger partial charge < -0.3 is 9.47 Å². The number of carbonyl (C=O) groups is 1. The number of ether oxygens (including phenoxy) is 2. The number of alkyl halides is 1. The molecule has 0 radical (unpaired) electrons. The number of rotatable bonds is 2. The van der Waals surface area contributed by atoms with Gasteiger partial charge in [0.25, 0.3) is 0 Å². The van der Waals surface area contributed by atoms with Gasteiger partial charge in [0.1, 0.15) is 11.3 Å². The van der Waals surface area contributed by atoms with E-state index in [1.807, 2.05) is 47.6 Å². The lowest BCUT2D eigenvalue weighted by atomic mass is 10.1. The summed E-state index contributed by atoms with van der Waals surface area (Å²) in [6.07, 6.45) is 1.71. The molecule has 1 rings (SSSR count). The van der Waals surface area contributed by atoms with Crippen molar-refractivity contribution in [3.63, 3.8) is 0 Å². The first-order chi connectivity index (χ1) is 8.57. The van der Waals surface area contributed by atoms with Crippen LogP contribution >= 0.6 is 15.9 Å². The Labute approximate surface area is 124 Å². The maximum absolute atomic E-state index is 12.3. The van der Waals surface area contributed by atoms with Crippen LogP contribution in [0.15, 0.2) is 11.6 Å². The van der Waals surface area contributed by atoms with E-state index in [1.54, 1.807) is 4.90 Å². The summed E-state index contributed by atoms with van der Waals surface area (Å²) in [6.45, 7) is 11.9. The van der Waals surface area contributed by atoms with Gasteiger partial charge in [0.15, 0.2) is 0 Å². The van der Waals surface area contributed by atoms with Gasteiger partial charge in [-0.05, 0) is 41.5 Å². The Bertz CT molecular complexity index is 371. The molecule has 19 heavy (non-hydrogen) atoms. The van der Waals surface area contributed by atoms with Gasteiger partial charge in [-0.15, -0.1) is 0 Å². The number of allylic oxidation sites excluding steroid dienone is 1. The largest absolute Gasteiger partial charge is 0.444 e. The molecule has 1 amide bonds. The summed E-state index contributed by atoms with van der Waals surface area (Å²) in [6, 6.07) is -0.0811. The molecule has 0 unspecified atom stereocenters. The van der Waals surface area contributed by atoms with Crippen molar-refractivity contribution in [2.75, 3.05) is 11.9 Å². The Hall–Kier alpha value is -0.550. The fraction of sp³-hybridized carbons (Fsp3) is 0.786. The molecule has 0 spiro atoms. The minimum absolute atomic E-state index is 0.0811. The third kappa shape index (κ3) is 4.49. The highest BCUT2D eigenvalue weighted by Crippen LogP contribution is 2.30. The first-order valence-electron chi connectivity index (χ1n) is 6.46. The summed E-state index contributed by atoms with van der Waals surface area (Å²) in [7, 11) is 0. The monoisotopic (exact) mass is 333 g/mol. The number of hydrogen-bond donors (Lipinski definition) is 0. The second kappa shape index (κ2) is 5.83. The lowest BCUT2D eigenvalue weighted by molar-refractivity contribution is -0.0610.